The molecule has 1 aromatic rings. The maximum Gasteiger partial charge on any atom is 0.0723 e. The monoisotopic (exact) mass is 268 g/mol. The number of benzene rings is 1. The molecule has 1 saturated heterocycles. The molecule has 0 amide bonds. The van der Waals surface area contributed by atoms with E-state index < -0.39 is 0 Å². The molecular weight excluding hydrogens is 248 g/mol. The van der Waals surface area contributed by atoms with Gasteiger partial charge >= 0.3 is 0 Å². The molecule has 2 atom stereocenters. The second-order valence-electron chi connectivity index (χ2n) is 4.84. The quantitative estimate of drug-likeness (QED) is 0.916. The second kappa shape index (κ2) is 5.91. The van der Waals surface area contributed by atoms with Crippen molar-refractivity contribution in [2.75, 3.05) is 18.1 Å². The Morgan fingerprint density at radius 2 is 2.28 bits per heavy atom. The van der Waals surface area contributed by atoms with Gasteiger partial charge in [0.15, 0.2) is 0 Å². The Hall–Kier alpha value is -0.770. The third-order valence-corrected chi connectivity index (χ3v) is 3.75. The van der Waals surface area contributed by atoms with E-state index in [1.165, 1.54) is 0 Å². The molecule has 2 N–H and O–H groups in total. The van der Waals surface area contributed by atoms with Crippen molar-refractivity contribution in [1.82, 2.24) is 0 Å². The number of nitrogens with zero attached hydrogens (tertiary/aromatic N) is 1. The fourth-order valence-corrected chi connectivity index (χ4v) is 2.62. The summed E-state index contributed by atoms with van der Waals surface area (Å²) in [5.41, 5.74) is 8.13. The molecular formula is C14H21ClN2O. The second-order valence-corrected chi connectivity index (χ2v) is 5.27. The molecule has 0 bridgehead atoms. The summed E-state index contributed by atoms with van der Waals surface area (Å²) in [6, 6.07) is 6.34. The zero-order valence-electron chi connectivity index (χ0n) is 11.0. The van der Waals surface area contributed by atoms with Crippen LogP contribution >= 0.6 is 11.6 Å². The van der Waals surface area contributed by atoms with Gasteiger partial charge in [-0.3, -0.25) is 0 Å². The highest BCUT2D eigenvalue weighted by molar-refractivity contribution is 6.30. The van der Waals surface area contributed by atoms with Crippen LogP contribution in [-0.2, 0) is 11.3 Å². The van der Waals surface area contributed by atoms with Gasteiger partial charge in [-0.1, -0.05) is 24.6 Å². The minimum absolute atomic E-state index is 0.248. The number of hydrogen-bond donors (Lipinski definition) is 1. The van der Waals surface area contributed by atoms with Gasteiger partial charge in [-0.2, -0.15) is 0 Å². The molecule has 0 saturated carbocycles. The smallest absolute Gasteiger partial charge is 0.0723 e. The molecule has 1 heterocycles. The third-order valence-electron chi connectivity index (χ3n) is 3.52. The summed E-state index contributed by atoms with van der Waals surface area (Å²) in [6.45, 7) is 6.49. The van der Waals surface area contributed by atoms with Gasteiger partial charge in [-0.25, -0.2) is 0 Å². The fourth-order valence-electron chi connectivity index (χ4n) is 2.45. The lowest BCUT2D eigenvalue weighted by molar-refractivity contribution is 0.0299. The van der Waals surface area contributed by atoms with E-state index in [-0.39, 0.29) is 6.10 Å². The zero-order chi connectivity index (χ0) is 13.1. The van der Waals surface area contributed by atoms with Crippen LogP contribution in [0.25, 0.3) is 0 Å². The molecule has 1 fully saturated rings. The highest BCUT2D eigenvalue weighted by atomic mass is 35.5. The van der Waals surface area contributed by atoms with E-state index in [0.717, 1.165) is 35.8 Å². The Morgan fingerprint density at radius 3 is 2.94 bits per heavy atom. The van der Waals surface area contributed by atoms with Crippen LogP contribution < -0.4 is 10.6 Å². The minimum Gasteiger partial charge on any atom is -0.375 e. The molecule has 4 heteroatoms. The van der Waals surface area contributed by atoms with Crippen LogP contribution in [0.2, 0.25) is 5.02 Å². The van der Waals surface area contributed by atoms with Gasteiger partial charge in [0.1, 0.15) is 0 Å². The standard InChI is InChI=1S/C14H21ClN2O/c1-3-13-9-18-10(2)8-17(13)14-6-12(15)5-4-11(14)7-16/h4-6,10,13H,3,7-9,16H2,1-2H3. The van der Waals surface area contributed by atoms with Crippen LogP contribution in [0.1, 0.15) is 25.8 Å². The topological polar surface area (TPSA) is 38.5 Å². The van der Waals surface area contributed by atoms with Crippen molar-refractivity contribution in [3.05, 3.63) is 28.8 Å². The zero-order valence-corrected chi connectivity index (χ0v) is 11.8. The first kappa shape index (κ1) is 13.7. The molecule has 100 valence electrons. The van der Waals surface area contributed by atoms with Crippen LogP contribution in [0.4, 0.5) is 5.69 Å². The van der Waals surface area contributed by atoms with Gasteiger partial charge in [-0.05, 0) is 31.0 Å². The van der Waals surface area contributed by atoms with E-state index in [9.17, 15) is 0 Å². The number of hydrogen-bond acceptors (Lipinski definition) is 3. The van der Waals surface area contributed by atoms with E-state index in [0.29, 0.717) is 12.6 Å². The maximum absolute atomic E-state index is 6.12. The van der Waals surface area contributed by atoms with Crippen LogP contribution in [0.15, 0.2) is 18.2 Å². The van der Waals surface area contributed by atoms with E-state index in [1.54, 1.807) is 0 Å². The van der Waals surface area contributed by atoms with E-state index >= 15 is 0 Å². The lowest BCUT2D eigenvalue weighted by atomic mass is 10.1. The first-order valence-corrected chi connectivity index (χ1v) is 6.90. The molecule has 2 rings (SSSR count). The lowest BCUT2D eigenvalue weighted by Crippen LogP contribution is -2.49. The number of rotatable bonds is 3. The van der Waals surface area contributed by atoms with Crippen molar-refractivity contribution >= 4 is 17.3 Å². The van der Waals surface area contributed by atoms with Crippen LogP contribution in [0.3, 0.4) is 0 Å². The Balaban J connectivity index is 2.34. The predicted molar refractivity (Wildman–Crippen MR) is 76.2 cm³/mol. The Kier molecular flexibility index (Phi) is 4.49. The van der Waals surface area contributed by atoms with Crippen LogP contribution in [0.5, 0.6) is 0 Å². The summed E-state index contributed by atoms with van der Waals surface area (Å²) in [4.78, 5) is 2.39. The molecule has 0 radical (unpaired) electrons. The molecule has 1 aromatic carbocycles. The number of halogens is 1. The van der Waals surface area contributed by atoms with Crippen molar-refractivity contribution in [1.29, 1.82) is 0 Å². The van der Waals surface area contributed by atoms with E-state index in [4.69, 9.17) is 22.1 Å². The molecule has 18 heavy (non-hydrogen) atoms. The Bertz CT molecular complexity index is 411. The molecule has 3 nitrogen and oxygen atoms in total. The van der Waals surface area contributed by atoms with Crippen LogP contribution in [-0.4, -0.2) is 25.3 Å². The average Bonchev–Trinajstić information content (AvgIpc) is 2.38. The SMILES string of the molecule is CCC1COC(C)CN1c1cc(Cl)ccc1CN. The van der Waals surface area contributed by atoms with Crippen LogP contribution in [0, 0.1) is 0 Å². The van der Waals surface area contributed by atoms with Crippen molar-refractivity contribution < 1.29 is 4.74 Å². The fraction of sp³-hybridized carbons (Fsp3) is 0.571. The summed E-state index contributed by atoms with van der Waals surface area (Å²) < 4.78 is 5.73. The van der Waals surface area contributed by atoms with Gasteiger partial charge in [0.25, 0.3) is 0 Å². The normalized spacial score (nSPS) is 24.3. The molecule has 1 aliphatic rings. The number of ether oxygens (including phenoxy) is 1. The van der Waals surface area contributed by atoms with Gasteiger partial charge in [0, 0.05) is 23.8 Å². The van der Waals surface area contributed by atoms with Gasteiger partial charge in [0.2, 0.25) is 0 Å². The summed E-state index contributed by atoms with van der Waals surface area (Å²) in [6.07, 6.45) is 1.31. The summed E-state index contributed by atoms with van der Waals surface area (Å²) in [5, 5.41) is 0.760. The van der Waals surface area contributed by atoms with Gasteiger partial charge in [-0.15, -0.1) is 0 Å². The Labute approximate surface area is 114 Å². The molecule has 0 aromatic heterocycles. The summed E-state index contributed by atoms with van der Waals surface area (Å²) >= 11 is 6.12. The van der Waals surface area contributed by atoms with Crippen molar-refractivity contribution in [3.63, 3.8) is 0 Å². The molecule has 1 aliphatic heterocycles. The summed E-state index contributed by atoms with van der Waals surface area (Å²) in [5.74, 6) is 0. The van der Waals surface area contributed by atoms with E-state index in [2.05, 4.69) is 18.7 Å². The van der Waals surface area contributed by atoms with Crippen molar-refractivity contribution in [3.8, 4) is 0 Å². The van der Waals surface area contributed by atoms with Gasteiger partial charge < -0.3 is 15.4 Å². The van der Waals surface area contributed by atoms with Crippen molar-refractivity contribution in [2.45, 2.75) is 39.0 Å². The molecule has 0 spiro atoms. The summed E-state index contributed by atoms with van der Waals surface area (Å²) in [7, 11) is 0. The van der Waals surface area contributed by atoms with E-state index in [1.807, 2.05) is 18.2 Å². The minimum atomic E-state index is 0.248. The number of morpholine rings is 1. The first-order chi connectivity index (χ1) is 8.65. The lowest BCUT2D eigenvalue weighted by Gasteiger charge is -2.41. The Morgan fingerprint density at radius 1 is 1.50 bits per heavy atom. The number of nitrogens with two attached hydrogens (primary N) is 1. The maximum atomic E-state index is 6.12. The number of anilines is 1. The highest BCUT2D eigenvalue weighted by Gasteiger charge is 2.27. The average molecular weight is 269 g/mol. The third kappa shape index (κ3) is 2.79. The molecule has 0 aliphatic carbocycles. The highest BCUT2D eigenvalue weighted by Crippen LogP contribution is 2.29. The predicted octanol–water partition coefficient (Wildman–Crippen LogP) is 2.80. The van der Waals surface area contributed by atoms with Crippen molar-refractivity contribution in [2.24, 2.45) is 5.73 Å². The first-order valence-electron chi connectivity index (χ1n) is 6.52. The largest absolute Gasteiger partial charge is 0.375 e. The molecule has 2 unspecified atom stereocenters. The van der Waals surface area contributed by atoms with Gasteiger partial charge in [0.05, 0.1) is 18.8 Å².